The molecular weight excluding hydrogens is 406 g/mol. The molecule has 0 aliphatic heterocycles. The van der Waals surface area contributed by atoms with Crippen LogP contribution in [-0.4, -0.2) is 23.1 Å². The van der Waals surface area contributed by atoms with E-state index in [9.17, 15) is 9.59 Å². The van der Waals surface area contributed by atoms with Gasteiger partial charge in [-0.25, -0.2) is 10.2 Å². The Kier molecular flexibility index (Phi) is 7.69. The van der Waals surface area contributed by atoms with Gasteiger partial charge in [0.25, 0.3) is 5.91 Å². The number of hydrogen-bond donors (Lipinski definition) is 3. The van der Waals surface area contributed by atoms with Gasteiger partial charge in [-0.2, -0.15) is 5.10 Å². The average molecular weight is 429 g/mol. The molecule has 1 heterocycles. The molecule has 0 spiro atoms. The number of nitrogens with one attached hydrogen (secondary N) is 3. The lowest BCUT2D eigenvalue weighted by atomic mass is 10.2. The van der Waals surface area contributed by atoms with Crippen molar-refractivity contribution in [1.29, 1.82) is 0 Å². The molecule has 3 amide bonds. The Bertz CT molecular complexity index is 1140. The highest BCUT2D eigenvalue weighted by molar-refractivity contribution is 5.99. The number of ether oxygens (including phenoxy) is 1. The maximum absolute atomic E-state index is 12.2. The smallest absolute Gasteiger partial charge is 0.323 e. The highest BCUT2D eigenvalue weighted by Gasteiger charge is 2.08. The molecule has 0 bridgehead atoms. The van der Waals surface area contributed by atoms with Crippen LogP contribution in [0, 0.1) is 6.92 Å². The molecule has 0 atom stereocenters. The predicted octanol–water partition coefficient (Wildman–Crippen LogP) is 5.12. The van der Waals surface area contributed by atoms with Gasteiger partial charge in [0.15, 0.2) is 0 Å². The summed E-state index contributed by atoms with van der Waals surface area (Å²) in [6.45, 7) is 3.80. The van der Waals surface area contributed by atoms with Gasteiger partial charge in [-0.05, 0) is 68.0 Å². The third kappa shape index (κ3) is 6.81. The first kappa shape index (κ1) is 22.2. The molecule has 0 saturated carbocycles. The van der Waals surface area contributed by atoms with Crippen LogP contribution in [0.4, 0.5) is 16.2 Å². The van der Waals surface area contributed by atoms with Crippen molar-refractivity contribution in [2.45, 2.75) is 13.8 Å². The van der Waals surface area contributed by atoms with E-state index >= 15 is 0 Å². The maximum Gasteiger partial charge on any atom is 0.323 e. The molecular formula is C24H23N5O3. The minimum absolute atomic E-state index is 0.172. The number of carbonyl (C=O) groups is 2. The lowest BCUT2D eigenvalue weighted by Crippen LogP contribution is -2.19. The molecule has 0 saturated heterocycles. The number of rotatable bonds is 7. The van der Waals surface area contributed by atoms with E-state index < -0.39 is 5.91 Å². The lowest BCUT2D eigenvalue weighted by molar-refractivity contribution is 0.0950. The number of carbonyl (C=O) groups excluding carboxylic acids is 2. The van der Waals surface area contributed by atoms with Crippen LogP contribution in [0.1, 0.15) is 23.0 Å². The minimum atomic E-state index is -0.449. The Balaban J connectivity index is 1.57. The van der Waals surface area contributed by atoms with Crippen molar-refractivity contribution < 1.29 is 14.3 Å². The van der Waals surface area contributed by atoms with Gasteiger partial charge in [-0.15, -0.1) is 0 Å². The van der Waals surface area contributed by atoms with Crippen LogP contribution < -0.4 is 20.8 Å². The van der Waals surface area contributed by atoms with Crippen molar-refractivity contribution in [3.8, 4) is 11.5 Å². The SMILES string of the molecule is C/C=C/C=N/NC(=O)c1cc(Oc2ccc(NC(=O)Nc3cccc(C)c3)cc2)ccn1. The van der Waals surface area contributed by atoms with E-state index in [1.165, 1.54) is 18.5 Å². The van der Waals surface area contributed by atoms with Gasteiger partial charge in [0.1, 0.15) is 17.2 Å². The van der Waals surface area contributed by atoms with E-state index in [-0.39, 0.29) is 11.7 Å². The number of hydrogen-bond acceptors (Lipinski definition) is 5. The fourth-order valence-electron chi connectivity index (χ4n) is 2.64. The molecule has 3 rings (SSSR count). The number of amides is 3. The highest BCUT2D eigenvalue weighted by Crippen LogP contribution is 2.23. The summed E-state index contributed by atoms with van der Waals surface area (Å²) in [4.78, 5) is 28.3. The van der Waals surface area contributed by atoms with E-state index in [1.54, 1.807) is 42.5 Å². The second-order valence-electron chi connectivity index (χ2n) is 6.70. The fraction of sp³-hybridized carbons (Fsp3) is 0.0833. The first-order valence-electron chi connectivity index (χ1n) is 9.87. The molecule has 0 radical (unpaired) electrons. The van der Waals surface area contributed by atoms with E-state index in [2.05, 4.69) is 26.1 Å². The molecule has 0 unspecified atom stereocenters. The monoisotopic (exact) mass is 429 g/mol. The standard InChI is InChI=1S/C24H23N5O3/c1-3-4-13-26-29-23(30)22-16-21(12-14-25-22)32-20-10-8-18(9-11-20)27-24(31)28-19-7-5-6-17(2)15-19/h3-16H,1-2H3,(H,29,30)(H2,27,28,31)/b4-3+,26-13+. The van der Waals surface area contributed by atoms with Gasteiger partial charge in [0.2, 0.25) is 0 Å². The first-order chi connectivity index (χ1) is 15.5. The summed E-state index contributed by atoms with van der Waals surface area (Å²) in [6.07, 6.45) is 6.43. The first-order valence-corrected chi connectivity index (χ1v) is 9.87. The number of pyridine rings is 1. The molecule has 162 valence electrons. The molecule has 1 aromatic heterocycles. The van der Waals surface area contributed by atoms with Crippen LogP contribution in [0.15, 0.2) is 84.1 Å². The van der Waals surface area contributed by atoms with Crippen LogP contribution in [0.5, 0.6) is 11.5 Å². The van der Waals surface area contributed by atoms with Crippen LogP contribution in [-0.2, 0) is 0 Å². The number of aromatic nitrogens is 1. The zero-order chi connectivity index (χ0) is 22.8. The fourth-order valence-corrected chi connectivity index (χ4v) is 2.64. The van der Waals surface area contributed by atoms with Crippen molar-refractivity contribution >= 4 is 29.5 Å². The van der Waals surface area contributed by atoms with Crippen LogP contribution in [0.2, 0.25) is 0 Å². The number of hydrazone groups is 1. The number of anilines is 2. The molecule has 8 nitrogen and oxygen atoms in total. The normalized spacial score (nSPS) is 10.8. The van der Waals surface area contributed by atoms with Gasteiger partial charge in [-0.3, -0.25) is 9.78 Å². The Morgan fingerprint density at radius 1 is 0.969 bits per heavy atom. The summed E-state index contributed by atoms with van der Waals surface area (Å²) in [7, 11) is 0. The Morgan fingerprint density at radius 2 is 1.75 bits per heavy atom. The van der Waals surface area contributed by atoms with Gasteiger partial charge < -0.3 is 15.4 Å². The summed E-state index contributed by atoms with van der Waals surface area (Å²) in [5, 5.41) is 9.33. The molecule has 0 aliphatic carbocycles. The molecule has 0 fully saturated rings. The van der Waals surface area contributed by atoms with Crippen LogP contribution in [0.3, 0.4) is 0 Å². The second-order valence-corrected chi connectivity index (χ2v) is 6.70. The summed E-state index contributed by atoms with van der Waals surface area (Å²) < 4.78 is 5.78. The van der Waals surface area contributed by atoms with Crippen molar-refractivity contribution in [2.75, 3.05) is 10.6 Å². The molecule has 32 heavy (non-hydrogen) atoms. The topological polar surface area (TPSA) is 105 Å². The van der Waals surface area contributed by atoms with Crippen molar-refractivity contribution in [3.05, 3.63) is 90.3 Å². The van der Waals surface area contributed by atoms with Gasteiger partial charge in [0.05, 0.1) is 0 Å². The number of allylic oxidation sites excluding steroid dienone is 2. The molecule has 0 aliphatic rings. The second kappa shape index (κ2) is 11.1. The summed E-state index contributed by atoms with van der Waals surface area (Å²) in [5.41, 5.74) is 4.94. The highest BCUT2D eigenvalue weighted by atomic mass is 16.5. The van der Waals surface area contributed by atoms with E-state index in [1.807, 2.05) is 38.1 Å². The summed E-state index contributed by atoms with van der Waals surface area (Å²) in [6, 6.07) is 17.2. The van der Waals surface area contributed by atoms with E-state index in [4.69, 9.17) is 4.74 Å². The van der Waals surface area contributed by atoms with E-state index in [0.29, 0.717) is 22.9 Å². The lowest BCUT2D eigenvalue weighted by Gasteiger charge is -2.10. The largest absolute Gasteiger partial charge is 0.457 e. The van der Waals surface area contributed by atoms with Crippen LogP contribution in [0.25, 0.3) is 0 Å². The zero-order valence-electron chi connectivity index (χ0n) is 17.7. The molecule has 2 aromatic carbocycles. The quantitative estimate of drug-likeness (QED) is 0.358. The Morgan fingerprint density at radius 3 is 2.50 bits per heavy atom. The third-order valence-corrected chi connectivity index (χ3v) is 4.11. The van der Waals surface area contributed by atoms with Crippen molar-refractivity contribution in [1.82, 2.24) is 10.4 Å². The average Bonchev–Trinajstić information content (AvgIpc) is 2.78. The minimum Gasteiger partial charge on any atom is -0.457 e. The van der Waals surface area contributed by atoms with Crippen molar-refractivity contribution in [3.63, 3.8) is 0 Å². The van der Waals surface area contributed by atoms with Crippen LogP contribution >= 0.6 is 0 Å². The molecule has 8 heteroatoms. The number of urea groups is 1. The summed E-state index contributed by atoms with van der Waals surface area (Å²) >= 11 is 0. The number of nitrogens with zero attached hydrogens (tertiary/aromatic N) is 2. The van der Waals surface area contributed by atoms with E-state index in [0.717, 1.165) is 5.56 Å². The number of benzene rings is 2. The predicted molar refractivity (Wildman–Crippen MR) is 125 cm³/mol. The summed E-state index contributed by atoms with van der Waals surface area (Å²) in [5.74, 6) is 0.536. The third-order valence-electron chi connectivity index (χ3n) is 4.11. The Hall–Kier alpha value is -4.46. The molecule has 3 aromatic rings. The number of aryl methyl sites for hydroxylation is 1. The van der Waals surface area contributed by atoms with Gasteiger partial charge >= 0.3 is 6.03 Å². The maximum atomic E-state index is 12.2. The van der Waals surface area contributed by atoms with Gasteiger partial charge in [-0.1, -0.05) is 18.2 Å². The van der Waals surface area contributed by atoms with Crippen molar-refractivity contribution in [2.24, 2.45) is 5.10 Å². The zero-order valence-corrected chi connectivity index (χ0v) is 17.7. The Labute approximate surface area is 186 Å². The molecule has 3 N–H and O–H groups in total. The van der Waals surface area contributed by atoms with Gasteiger partial charge in [0, 0.05) is 29.9 Å².